The minimum atomic E-state index is -4.27. The van der Waals surface area contributed by atoms with E-state index < -0.39 is 43.9 Å². The number of aliphatic hydroxyl groups is 4. The second kappa shape index (κ2) is 25.6. The quantitative estimate of drug-likeness (QED) is 0.0841. The van der Waals surface area contributed by atoms with Crippen LogP contribution in [0, 0.1) is 0 Å². The van der Waals surface area contributed by atoms with Crippen LogP contribution in [0.5, 0.6) is 0 Å². The molecular weight excluding hydrogens is 571 g/mol. The molecule has 0 aromatic carbocycles. The van der Waals surface area contributed by atoms with Gasteiger partial charge < -0.3 is 29.5 Å². The molecule has 0 heterocycles. The molecule has 12 nitrogen and oxygen atoms in total. The van der Waals surface area contributed by atoms with Crippen molar-refractivity contribution in [2.75, 3.05) is 50.9 Å². The number of rotatable bonds is 18. The summed E-state index contributed by atoms with van der Waals surface area (Å²) in [6, 6.07) is -0.456. The van der Waals surface area contributed by atoms with Crippen molar-refractivity contribution in [2.45, 2.75) is 77.7 Å². The summed E-state index contributed by atoms with van der Waals surface area (Å²) in [6.45, 7) is 7.73. The van der Waals surface area contributed by atoms with Crippen molar-refractivity contribution in [2.24, 2.45) is 0 Å². The van der Waals surface area contributed by atoms with Gasteiger partial charge in [0, 0.05) is 38.3 Å². The van der Waals surface area contributed by atoms with Gasteiger partial charge in [0.15, 0.2) is 0 Å². The van der Waals surface area contributed by atoms with Gasteiger partial charge >= 0.3 is 103 Å². The van der Waals surface area contributed by atoms with Gasteiger partial charge in [-0.3, -0.25) is 9.80 Å². The molecule has 36 heavy (non-hydrogen) atoms. The fraction of sp³-hybridized carbons (Fsp3) is 1.00. The second-order valence-electron chi connectivity index (χ2n) is 8.13. The first kappa shape index (κ1) is 45.8. The summed E-state index contributed by atoms with van der Waals surface area (Å²) in [7, 11) is -8.53. The largest absolute Gasteiger partial charge is 1.00 e. The molecule has 0 amide bonds. The number of hydrogen-bond donors (Lipinski definition) is 4. The minimum absolute atomic E-state index is 0. The molecule has 208 valence electrons. The van der Waals surface area contributed by atoms with Gasteiger partial charge in [-0.15, -0.1) is 0 Å². The summed E-state index contributed by atoms with van der Waals surface area (Å²) in [4.78, 5) is 3.31. The average Bonchev–Trinajstić information content (AvgIpc) is 2.75. The predicted octanol–water partition coefficient (Wildman–Crippen LogP) is -7.24. The fourth-order valence-electron chi connectivity index (χ4n) is 3.17. The molecule has 0 fully saturated rings. The zero-order valence-electron chi connectivity index (χ0n) is 22.7. The molecule has 0 saturated carbocycles. The van der Waals surface area contributed by atoms with E-state index in [1.165, 1.54) is 0 Å². The average molecular weight is 615 g/mol. The Morgan fingerprint density at radius 3 is 1.25 bits per heavy atom. The topological polar surface area (TPSA) is 202 Å². The molecule has 0 radical (unpaired) electrons. The van der Waals surface area contributed by atoms with E-state index in [4.69, 9.17) is 0 Å². The molecule has 0 aliphatic carbocycles. The molecule has 0 rings (SSSR count). The Morgan fingerprint density at radius 2 is 1.00 bits per heavy atom. The second-order valence-corrected chi connectivity index (χ2v) is 11.2. The van der Waals surface area contributed by atoms with E-state index in [0.717, 1.165) is 0 Å². The SMILES string of the molecule is CCC(CO)N(CCS(=O)(=O)[O-])C(CC)CO.CCC(O)CN(CCS(=O)(=O)[O-])CC(O)CC.[K+].[K+]. The van der Waals surface area contributed by atoms with Crippen LogP contribution in [0.25, 0.3) is 0 Å². The molecular formula is C20H44K2N2O10S2. The van der Waals surface area contributed by atoms with E-state index in [9.17, 15) is 46.4 Å². The third-order valence-electron chi connectivity index (χ3n) is 5.44. The Bertz CT molecular complexity index is 685. The zero-order valence-corrected chi connectivity index (χ0v) is 30.6. The Labute approximate surface area is 302 Å². The van der Waals surface area contributed by atoms with Crippen LogP contribution in [-0.2, 0) is 20.2 Å². The van der Waals surface area contributed by atoms with Crippen LogP contribution in [0.3, 0.4) is 0 Å². The van der Waals surface area contributed by atoms with Crippen LogP contribution in [0.2, 0.25) is 0 Å². The molecule has 0 aromatic rings. The maximum Gasteiger partial charge on any atom is 1.00 e. The summed E-state index contributed by atoms with van der Waals surface area (Å²) in [5.74, 6) is -1.00. The maximum atomic E-state index is 10.6. The van der Waals surface area contributed by atoms with Crippen molar-refractivity contribution in [3.63, 3.8) is 0 Å². The summed E-state index contributed by atoms with van der Waals surface area (Å²) >= 11 is 0. The van der Waals surface area contributed by atoms with Crippen molar-refractivity contribution in [1.29, 1.82) is 0 Å². The first-order chi connectivity index (χ1) is 15.7. The van der Waals surface area contributed by atoms with Gasteiger partial charge in [0.2, 0.25) is 0 Å². The van der Waals surface area contributed by atoms with Crippen molar-refractivity contribution in [1.82, 2.24) is 9.80 Å². The summed E-state index contributed by atoms with van der Waals surface area (Å²) in [5, 5.41) is 37.4. The van der Waals surface area contributed by atoms with Crippen LogP contribution in [0.4, 0.5) is 0 Å². The molecule has 4 N–H and O–H groups in total. The number of aliphatic hydroxyl groups excluding tert-OH is 4. The molecule has 0 spiro atoms. The summed E-state index contributed by atoms with van der Waals surface area (Å²) in [6.07, 6.45) is 1.20. The van der Waals surface area contributed by atoms with Gasteiger partial charge in [-0.05, 0) is 25.7 Å². The van der Waals surface area contributed by atoms with Crippen LogP contribution in [0.15, 0.2) is 0 Å². The summed E-state index contributed by atoms with van der Waals surface area (Å²) in [5.41, 5.74) is 0. The van der Waals surface area contributed by atoms with E-state index in [2.05, 4.69) is 0 Å². The Balaban J connectivity index is -0.000000269. The van der Waals surface area contributed by atoms with Gasteiger partial charge in [-0.25, -0.2) is 16.8 Å². The van der Waals surface area contributed by atoms with Crippen LogP contribution in [0.1, 0.15) is 53.4 Å². The van der Waals surface area contributed by atoms with Crippen molar-refractivity contribution < 1.29 is 149 Å². The smallest absolute Gasteiger partial charge is 0.748 e. The molecule has 16 heteroatoms. The Hall–Kier alpha value is 2.85. The number of nitrogens with zero attached hydrogens (tertiary/aromatic N) is 2. The minimum Gasteiger partial charge on any atom is -0.748 e. The van der Waals surface area contributed by atoms with E-state index in [0.29, 0.717) is 25.7 Å². The first-order valence-electron chi connectivity index (χ1n) is 11.6. The third-order valence-corrected chi connectivity index (χ3v) is 6.80. The van der Waals surface area contributed by atoms with E-state index in [1.807, 2.05) is 27.7 Å². The third kappa shape index (κ3) is 25.8. The van der Waals surface area contributed by atoms with Crippen LogP contribution < -0.4 is 103 Å². The maximum absolute atomic E-state index is 10.6. The fourth-order valence-corrected chi connectivity index (χ4v) is 4.09. The zero-order chi connectivity index (χ0) is 26.9. The predicted molar refractivity (Wildman–Crippen MR) is 127 cm³/mol. The molecule has 0 bridgehead atoms. The molecule has 4 unspecified atom stereocenters. The number of hydrogen-bond acceptors (Lipinski definition) is 12. The Kier molecular flexibility index (Phi) is 32.5. The van der Waals surface area contributed by atoms with Gasteiger partial charge in [0.1, 0.15) is 0 Å². The first-order valence-corrected chi connectivity index (χ1v) is 14.8. The molecule has 0 aromatic heterocycles. The van der Waals surface area contributed by atoms with Gasteiger partial charge in [-0.1, -0.05) is 27.7 Å². The van der Waals surface area contributed by atoms with Crippen molar-refractivity contribution in [3.05, 3.63) is 0 Å². The van der Waals surface area contributed by atoms with Crippen molar-refractivity contribution >= 4 is 20.2 Å². The van der Waals surface area contributed by atoms with E-state index >= 15 is 0 Å². The van der Waals surface area contributed by atoms with Gasteiger partial charge in [0.05, 0.1) is 57.2 Å². The molecule has 0 aliphatic heterocycles. The summed E-state index contributed by atoms with van der Waals surface area (Å²) < 4.78 is 63.5. The van der Waals surface area contributed by atoms with E-state index in [-0.39, 0.29) is 154 Å². The van der Waals surface area contributed by atoms with Gasteiger partial charge in [-0.2, -0.15) is 0 Å². The monoisotopic (exact) mass is 614 g/mol. The standard InChI is InChI=1S/2C10H23NO5S.2K/c1-3-9(7-12)11(10(4-2)8-13)5-6-17(14,15)16;1-3-9(12)7-11(8-10(13)4-2)5-6-17(14,15)16;;/h2*9-10,12-13H,3-8H2,1-2H3,(H,14,15,16);;/q;;2*+1/p-2. The Morgan fingerprint density at radius 1 is 0.667 bits per heavy atom. The van der Waals surface area contributed by atoms with Gasteiger partial charge in [0.25, 0.3) is 0 Å². The van der Waals surface area contributed by atoms with Crippen molar-refractivity contribution in [3.8, 4) is 0 Å². The molecule has 4 atom stereocenters. The van der Waals surface area contributed by atoms with E-state index in [1.54, 1.807) is 9.80 Å². The molecule has 0 saturated heterocycles. The normalized spacial score (nSPS) is 15.2. The molecule has 0 aliphatic rings. The van der Waals surface area contributed by atoms with Crippen LogP contribution >= 0.6 is 0 Å². The van der Waals surface area contributed by atoms with Crippen LogP contribution in [-0.4, -0.2) is 131 Å².